The molecule has 5 nitrogen and oxygen atoms in total. The minimum absolute atomic E-state index is 0.0599. The Balaban J connectivity index is 1.87. The first-order chi connectivity index (χ1) is 9.54. The average Bonchev–Trinajstić information content (AvgIpc) is 2.97. The molecular formula is C13H11BClNO4. The molecule has 2 heterocycles. The molecular weight excluding hydrogens is 280 g/mol. The van der Waals surface area contributed by atoms with E-state index in [1.54, 1.807) is 24.3 Å². The molecule has 1 unspecified atom stereocenters. The third-order valence-corrected chi connectivity index (χ3v) is 3.54. The summed E-state index contributed by atoms with van der Waals surface area (Å²) in [5.74, 6) is 0.00405. The summed E-state index contributed by atoms with van der Waals surface area (Å²) in [6, 6.07) is 8.34. The molecule has 20 heavy (non-hydrogen) atoms. The summed E-state index contributed by atoms with van der Waals surface area (Å²) in [5, 5.41) is 21.4. The standard InChI is InChI=1S/C13H11BClNO4/c15-7-1-3-11-9(5-7)10(13(17)16-11)6-8-2-4-12(20-8)14(18)19/h1-5,10,18-19H,6H2,(H,16,17). The topological polar surface area (TPSA) is 82.7 Å². The zero-order valence-electron chi connectivity index (χ0n) is 10.3. The van der Waals surface area contributed by atoms with Gasteiger partial charge in [-0.05, 0) is 35.9 Å². The number of halogens is 1. The fourth-order valence-electron chi connectivity index (χ4n) is 2.34. The molecule has 0 spiro atoms. The number of furan rings is 1. The Kier molecular flexibility index (Phi) is 3.29. The van der Waals surface area contributed by atoms with Crippen LogP contribution in [0.5, 0.6) is 0 Å². The molecule has 3 rings (SSSR count). The second kappa shape index (κ2) is 4.97. The van der Waals surface area contributed by atoms with Crippen molar-refractivity contribution in [2.75, 3.05) is 5.32 Å². The average molecular weight is 291 g/mol. The molecule has 1 aliphatic heterocycles. The van der Waals surface area contributed by atoms with Crippen molar-refractivity contribution >= 4 is 36.0 Å². The Hall–Kier alpha value is -1.76. The van der Waals surface area contributed by atoms with Crippen molar-refractivity contribution in [3.63, 3.8) is 0 Å². The van der Waals surface area contributed by atoms with E-state index in [-0.39, 0.29) is 11.6 Å². The van der Waals surface area contributed by atoms with Gasteiger partial charge in [0, 0.05) is 17.1 Å². The maximum absolute atomic E-state index is 12.0. The highest BCUT2D eigenvalue weighted by Crippen LogP contribution is 2.36. The summed E-state index contributed by atoms with van der Waals surface area (Å²) < 4.78 is 5.29. The molecule has 0 saturated carbocycles. The third kappa shape index (κ3) is 2.33. The Bertz CT molecular complexity index is 670. The normalized spacial score (nSPS) is 16.9. The number of nitrogens with one attached hydrogen (secondary N) is 1. The predicted molar refractivity (Wildman–Crippen MR) is 75.1 cm³/mol. The van der Waals surface area contributed by atoms with Crippen molar-refractivity contribution in [3.8, 4) is 0 Å². The van der Waals surface area contributed by atoms with Gasteiger partial charge in [0.1, 0.15) is 11.4 Å². The number of hydrogen-bond acceptors (Lipinski definition) is 4. The molecule has 0 saturated heterocycles. The van der Waals surface area contributed by atoms with Gasteiger partial charge in [-0.25, -0.2) is 0 Å². The Morgan fingerprint density at radius 1 is 1.30 bits per heavy atom. The highest BCUT2D eigenvalue weighted by molar-refractivity contribution is 6.57. The fourth-order valence-corrected chi connectivity index (χ4v) is 2.52. The number of benzene rings is 1. The van der Waals surface area contributed by atoms with Crippen molar-refractivity contribution in [1.29, 1.82) is 0 Å². The van der Waals surface area contributed by atoms with E-state index in [1.807, 2.05) is 0 Å². The smallest absolute Gasteiger partial charge is 0.470 e. The highest BCUT2D eigenvalue weighted by atomic mass is 35.5. The van der Waals surface area contributed by atoms with Crippen LogP contribution in [0.4, 0.5) is 5.69 Å². The van der Waals surface area contributed by atoms with E-state index in [9.17, 15) is 4.79 Å². The first-order valence-electron chi connectivity index (χ1n) is 6.09. The van der Waals surface area contributed by atoms with E-state index < -0.39 is 13.0 Å². The lowest BCUT2D eigenvalue weighted by Gasteiger charge is -2.07. The van der Waals surface area contributed by atoms with Gasteiger partial charge >= 0.3 is 7.12 Å². The second-order valence-electron chi connectivity index (χ2n) is 4.66. The number of fused-ring (bicyclic) bond motifs is 1. The number of amides is 1. The van der Waals surface area contributed by atoms with Gasteiger partial charge in [0.15, 0.2) is 0 Å². The molecule has 0 radical (unpaired) electrons. The molecule has 0 fully saturated rings. The second-order valence-corrected chi connectivity index (χ2v) is 5.09. The lowest BCUT2D eigenvalue weighted by Crippen LogP contribution is -2.28. The highest BCUT2D eigenvalue weighted by Gasteiger charge is 2.32. The molecule has 1 aromatic carbocycles. The molecule has 1 aliphatic rings. The molecule has 0 bridgehead atoms. The number of carbonyl (C=O) groups excluding carboxylic acids is 1. The summed E-state index contributed by atoms with van der Waals surface area (Å²) in [4.78, 5) is 12.0. The molecule has 1 amide bonds. The zero-order chi connectivity index (χ0) is 14.3. The third-order valence-electron chi connectivity index (χ3n) is 3.31. The van der Waals surface area contributed by atoms with Crippen LogP contribution in [0.1, 0.15) is 17.2 Å². The summed E-state index contributed by atoms with van der Waals surface area (Å²) in [6.07, 6.45) is 0.339. The summed E-state index contributed by atoms with van der Waals surface area (Å²) in [7, 11) is -1.65. The van der Waals surface area contributed by atoms with E-state index in [0.29, 0.717) is 17.2 Å². The monoisotopic (exact) mass is 291 g/mol. The first-order valence-corrected chi connectivity index (χ1v) is 6.47. The molecule has 7 heteroatoms. The van der Waals surface area contributed by atoms with Crippen LogP contribution in [0, 0.1) is 0 Å². The number of hydrogen-bond donors (Lipinski definition) is 3. The summed E-state index contributed by atoms with van der Waals surface area (Å²) in [6.45, 7) is 0. The van der Waals surface area contributed by atoms with Crippen molar-refractivity contribution in [2.45, 2.75) is 12.3 Å². The van der Waals surface area contributed by atoms with Crippen LogP contribution in [0.15, 0.2) is 34.7 Å². The lowest BCUT2D eigenvalue weighted by atomic mass is 9.88. The Morgan fingerprint density at radius 2 is 2.10 bits per heavy atom. The van der Waals surface area contributed by atoms with E-state index in [1.165, 1.54) is 6.07 Å². The lowest BCUT2D eigenvalue weighted by molar-refractivity contribution is -0.117. The van der Waals surface area contributed by atoms with Crippen molar-refractivity contribution < 1.29 is 19.3 Å². The molecule has 1 aromatic heterocycles. The van der Waals surface area contributed by atoms with Gasteiger partial charge in [-0.15, -0.1) is 0 Å². The van der Waals surface area contributed by atoms with Crippen LogP contribution in [0.3, 0.4) is 0 Å². The molecule has 0 aliphatic carbocycles. The van der Waals surface area contributed by atoms with Crippen LogP contribution in [0.2, 0.25) is 5.02 Å². The minimum atomic E-state index is -1.65. The van der Waals surface area contributed by atoms with Crippen molar-refractivity contribution in [2.24, 2.45) is 0 Å². The van der Waals surface area contributed by atoms with E-state index in [4.69, 9.17) is 26.1 Å². The maximum Gasteiger partial charge on any atom is 0.526 e. The quantitative estimate of drug-likeness (QED) is 0.734. The van der Waals surface area contributed by atoms with Gasteiger partial charge in [-0.1, -0.05) is 11.6 Å². The zero-order valence-corrected chi connectivity index (χ0v) is 11.1. The first kappa shape index (κ1) is 13.2. The molecule has 102 valence electrons. The van der Waals surface area contributed by atoms with E-state index in [2.05, 4.69) is 5.32 Å². The number of carbonyl (C=O) groups is 1. The SMILES string of the molecule is O=C1Nc2ccc(Cl)cc2C1Cc1ccc(B(O)O)o1. The predicted octanol–water partition coefficient (Wildman–Crippen LogP) is 0.891. The van der Waals surface area contributed by atoms with Gasteiger partial charge in [0.05, 0.1) is 5.92 Å². The van der Waals surface area contributed by atoms with Gasteiger partial charge in [0.25, 0.3) is 0 Å². The van der Waals surface area contributed by atoms with Gasteiger partial charge < -0.3 is 19.8 Å². The molecule has 3 N–H and O–H groups in total. The Labute approximate surface area is 120 Å². The van der Waals surface area contributed by atoms with Crippen molar-refractivity contribution in [3.05, 3.63) is 46.7 Å². The maximum atomic E-state index is 12.0. The molecule has 2 aromatic rings. The van der Waals surface area contributed by atoms with Crippen LogP contribution < -0.4 is 11.0 Å². The van der Waals surface area contributed by atoms with E-state index in [0.717, 1.165) is 11.3 Å². The number of anilines is 1. The van der Waals surface area contributed by atoms with Gasteiger partial charge in [0.2, 0.25) is 5.91 Å². The van der Waals surface area contributed by atoms with Gasteiger partial charge in [-0.3, -0.25) is 4.79 Å². The van der Waals surface area contributed by atoms with E-state index >= 15 is 0 Å². The minimum Gasteiger partial charge on any atom is -0.470 e. The Morgan fingerprint density at radius 3 is 2.80 bits per heavy atom. The van der Waals surface area contributed by atoms with Gasteiger partial charge in [-0.2, -0.15) is 0 Å². The van der Waals surface area contributed by atoms with Crippen LogP contribution in [0.25, 0.3) is 0 Å². The van der Waals surface area contributed by atoms with Crippen LogP contribution >= 0.6 is 11.6 Å². The van der Waals surface area contributed by atoms with Crippen LogP contribution in [-0.4, -0.2) is 23.1 Å². The summed E-state index contributed by atoms with van der Waals surface area (Å²) in [5.41, 5.74) is 1.63. The summed E-state index contributed by atoms with van der Waals surface area (Å²) >= 11 is 5.96. The fraction of sp³-hybridized carbons (Fsp3) is 0.154. The van der Waals surface area contributed by atoms with Crippen molar-refractivity contribution in [1.82, 2.24) is 0 Å². The largest absolute Gasteiger partial charge is 0.526 e. The number of rotatable bonds is 3. The molecule has 1 atom stereocenters. The van der Waals surface area contributed by atoms with Crippen LogP contribution in [-0.2, 0) is 11.2 Å².